The molecule has 6 nitrogen and oxygen atoms in total. The van der Waals surface area contributed by atoms with Crippen LogP contribution in [0.5, 0.6) is 0 Å². The van der Waals surface area contributed by atoms with Gasteiger partial charge in [0.25, 0.3) is 0 Å². The molecule has 1 aliphatic heterocycles. The molecule has 2 aliphatic rings. The van der Waals surface area contributed by atoms with Crippen LogP contribution in [0.4, 0.5) is 0 Å². The van der Waals surface area contributed by atoms with E-state index in [9.17, 15) is 4.79 Å². The van der Waals surface area contributed by atoms with Crippen molar-refractivity contribution in [3.8, 4) is 0 Å². The van der Waals surface area contributed by atoms with Crippen LogP contribution >= 0.6 is 0 Å². The lowest BCUT2D eigenvalue weighted by Crippen LogP contribution is -2.52. The Labute approximate surface area is 118 Å². The fourth-order valence-electron chi connectivity index (χ4n) is 2.69. The maximum Gasteiger partial charge on any atom is 0.233 e. The lowest BCUT2D eigenvalue weighted by atomic mass is 9.84. The molecule has 2 atom stereocenters. The molecule has 0 aromatic carbocycles. The molecule has 0 bridgehead atoms. The van der Waals surface area contributed by atoms with Crippen molar-refractivity contribution < 1.29 is 9.53 Å². The second-order valence-corrected chi connectivity index (χ2v) is 6.16. The Morgan fingerprint density at radius 3 is 2.90 bits per heavy atom. The van der Waals surface area contributed by atoms with Crippen molar-refractivity contribution in [2.75, 3.05) is 13.2 Å². The highest BCUT2D eigenvalue weighted by Gasteiger charge is 2.49. The summed E-state index contributed by atoms with van der Waals surface area (Å²) in [5, 5.41) is 0. The predicted octanol–water partition coefficient (Wildman–Crippen LogP) is 0.275. The number of amides is 1. The van der Waals surface area contributed by atoms with Gasteiger partial charge in [-0.1, -0.05) is 0 Å². The number of imidazole rings is 1. The maximum atomic E-state index is 12.9. The molecular weight excluding hydrogens is 256 g/mol. The summed E-state index contributed by atoms with van der Waals surface area (Å²) in [7, 11) is 1.95. The highest BCUT2D eigenvalue weighted by molar-refractivity contribution is 5.84. The molecule has 1 aromatic heterocycles. The van der Waals surface area contributed by atoms with Crippen molar-refractivity contribution in [1.82, 2.24) is 14.5 Å². The summed E-state index contributed by atoms with van der Waals surface area (Å²) >= 11 is 0. The van der Waals surface area contributed by atoms with Crippen molar-refractivity contribution in [3.63, 3.8) is 0 Å². The van der Waals surface area contributed by atoms with E-state index < -0.39 is 5.41 Å². The first-order valence-corrected chi connectivity index (χ1v) is 7.13. The molecule has 3 rings (SSSR count). The molecule has 1 saturated carbocycles. The quantitative estimate of drug-likeness (QED) is 0.858. The Morgan fingerprint density at radius 1 is 1.65 bits per heavy atom. The lowest BCUT2D eigenvalue weighted by molar-refractivity contribution is -0.143. The minimum Gasteiger partial charge on any atom is -0.379 e. The van der Waals surface area contributed by atoms with Crippen LogP contribution in [0.3, 0.4) is 0 Å². The van der Waals surface area contributed by atoms with Crippen molar-refractivity contribution in [3.05, 3.63) is 18.2 Å². The van der Waals surface area contributed by atoms with E-state index in [0.29, 0.717) is 25.8 Å². The molecule has 110 valence electrons. The average molecular weight is 278 g/mol. The minimum atomic E-state index is -0.603. The number of carbonyl (C=O) groups is 1. The first kappa shape index (κ1) is 13.6. The number of carbonyl (C=O) groups excluding carboxylic acids is 1. The van der Waals surface area contributed by atoms with Gasteiger partial charge < -0.3 is 19.9 Å². The molecule has 1 amide bonds. The van der Waals surface area contributed by atoms with E-state index >= 15 is 0 Å². The smallest absolute Gasteiger partial charge is 0.233 e. The number of rotatable bonds is 4. The predicted molar refractivity (Wildman–Crippen MR) is 73.7 cm³/mol. The van der Waals surface area contributed by atoms with E-state index in [1.54, 1.807) is 6.20 Å². The van der Waals surface area contributed by atoms with Gasteiger partial charge in [-0.25, -0.2) is 4.98 Å². The first-order chi connectivity index (χ1) is 9.52. The van der Waals surface area contributed by atoms with Crippen LogP contribution in [-0.2, 0) is 23.1 Å². The zero-order chi connectivity index (χ0) is 14.3. The van der Waals surface area contributed by atoms with Crippen LogP contribution in [0.2, 0.25) is 0 Å². The highest BCUT2D eigenvalue weighted by atomic mass is 16.5. The Balaban J connectivity index is 1.80. The Bertz CT molecular complexity index is 511. The molecule has 2 heterocycles. The van der Waals surface area contributed by atoms with Gasteiger partial charge in [0.2, 0.25) is 5.91 Å². The van der Waals surface area contributed by atoms with E-state index in [1.807, 2.05) is 29.6 Å². The average Bonchev–Trinajstić information content (AvgIpc) is 3.10. The van der Waals surface area contributed by atoms with Crippen molar-refractivity contribution in [1.29, 1.82) is 0 Å². The van der Waals surface area contributed by atoms with Crippen molar-refractivity contribution >= 4 is 5.91 Å². The fourth-order valence-corrected chi connectivity index (χ4v) is 2.69. The van der Waals surface area contributed by atoms with Crippen LogP contribution in [-0.4, -0.2) is 45.7 Å². The second kappa shape index (κ2) is 4.86. The summed E-state index contributed by atoms with van der Waals surface area (Å²) in [6, 6.07) is 0.112. The lowest BCUT2D eigenvalue weighted by Gasteiger charge is -2.33. The molecule has 2 fully saturated rings. The van der Waals surface area contributed by atoms with Crippen LogP contribution in [0.1, 0.15) is 25.6 Å². The molecule has 2 N–H and O–H groups in total. The van der Waals surface area contributed by atoms with Gasteiger partial charge in [0.05, 0.1) is 25.2 Å². The molecular formula is C14H22N4O2. The van der Waals surface area contributed by atoms with Crippen LogP contribution < -0.4 is 5.73 Å². The first-order valence-electron chi connectivity index (χ1n) is 7.13. The van der Waals surface area contributed by atoms with E-state index in [-0.39, 0.29) is 11.9 Å². The van der Waals surface area contributed by atoms with Gasteiger partial charge in [-0.3, -0.25) is 4.79 Å². The number of aryl methyl sites for hydroxylation is 1. The van der Waals surface area contributed by atoms with E-state index in [1.165, 1.54) is 0 Å². The topological polar surface area (TPSA) is 73.4 Å². The van der Waals surface area contributed by atoms with Crippen LogP contribution in [0.15, 0.2) is 12.4 Å². The Kier molecular flexibility index (Phi) is 3.30. The summed E-state index contributed by atoms with van der Waals surface area (Å²) in [4.78, 5) is 19.2. The molecule has 1 aromatic rings. The summed E-state index contributed by atoms with van der Waals surface area (Å²) in [6.07, 6.45) is 5.80. The maximum absolute atomic E-state index is 12.9. The molecule has 0 radical (unpaired) electrons. The molecule has 2 unspecified atom stereocenters. The van der Waals surface area contributed by atoms with E-state index in [4.69, 9.17) is 10.5 Å². The number of nitrogens with zero attached hydrogens (tertiary/aromatic N) is 3. The SMILES string of the molecule is Cn1ccnc1CN(C(=O)C1(C)COCC1N)C1CC1. The number of nitrogens with two attached hydrogens (primary N) is 1. The third-order valence-electron chi connectivity index (χ3n) is 4.49. The van der Waals surface area contributed by atoms with Gasteiger partial charge >= 0.3 is 0 Å². The van der Waals surface area contributed by atoms with Gasteiger partial charge in [0.15, 0.2) is 0 Å². The van der Waals surface area contributed by atoms with Crippen LogP contribution in [0.25, 0.3) is 0 Å². The van der Waals surface area contributed by atoms with Gasteiger partial charge in [-0.05, 0) is 19.8 Å². The third kappa shape index (κ3) is 2.23. The third-order valence-corrected chi connectivity index (χ3v) is 4.49. The zero-order valence-electron chi connectivity index (χ0n) is 12.1. The molecule has 6 heteroatoms. The Morgan fingerprint density at radius 2 is 2.40 bits per heavy atom. The van der Waals surface area contributed by atoms with E-state index in [2.05, 4.69) is 4.98 Å². The molecule has 0 spiro atoms. The summed E-state index contributed by atoms with van der Waals surface area (Å²) < 4.78 is 7.36. The fraction of sp³-hybridized carbons (Fsp3) is 0.714. The molecule has 1 aliphatic carbocycles. The Hall–Kier alpha value is -1.40. The summed E-state index contributed by atoms with van der Waals surface area (Å²) in [5.74, 6) is 1.01. The summed E-state index contributed by atoms with van der Waals surface area (Å²) in [6.45, 7) is 3.34. The van der Waals surface area contributed by atoms with Gasteiger partial charge in [0.1, 0.15) is 5.82 Å². The molecule has 20 heavy (non-hydrogen) atoms. The normalized spacial score (nSPS) is 29.6. The molecule has 1 saturated heterocycles. The van der Waals surface area contributed by atoms with Gasteiger partial charge in [-0.15, -0.1) is 0 Å². The standard InChI is InChI=1S/C14H22N4O2/c1-14(9-20-8-11(14)15)13(19)18(10-3-4-10)7-12-16-5-6-17(12)2/h5-6,10-11H,3-4,7-9,15H2,1-2H3. The zero-order valence-corrected chi connectivity index (χ0v) is 12.1. The number of aromatic nitrogens is 2. The van der Waals surface area contributed by atoms with Gasteiger partial charge in [0, 0.05) is 31.5 Å². The largest absolute Gasteiger partial charge is 0.379 e. The monoisotopic (exact) mass is 278 g/mol. The number of hydrogen-bond donors (Lipinski definition) is 1. The highest BCUT2D eigenvalue weighted by Crippen LogP contribution is 2.36. The van der Waals surface area contributed by atoms with Crippen LogP contribution in [0, 0.1) is 5.41 Å². The minimum absolute atomic E-state index is 0.105. The summed E-state index contributed by atoms with van der Waals surface area (Å²) in [5.41, 5.74) is 5.48. The van der Waals surface area contributed by atoms with Crippen molar-refractivity contribution in [2.24, 2.45) is 18.2 Å². The number of hydrogen-bond acceptors (Lipinski definition) is 4. The van der Waals surface area contributed by atoms with E-state index in [0.717, 1.165) is 18.7 Å². The van der Waals surface area contributed by atoms with Crippen molar-refractivity contribution in [2.45, 2.75) is 38.4 Å². The number of ether oxygens (including phenoxy) is 1. The van der Waals surface area contributed by atoms with Gasteiger partial charge in [-0.2, -0.15) is 0 Å². The second-order valence-electron chi connectivity index (χ2n) is 6.16.